The molecule has 0 aliphatic rings. The topological polar surface area (TPSA) is 35.5 Å². The Morgan fingerprint density at radius 2 is 2.12 bits per heavy atom. The van der Waals surface area contributed by atoms with Gasteiger partial charge in [0.15, 0.2) is 0 Å². The Morgan fingerprint density at radius 1 is 1.41 bits per heavy atom. The van der Waals surface area contributed by atoms with E-state index in [2.05, 4.69) is 10.7 Å². The Kier molecular flexibility index (Phi) is 5.56. The molecule has 0 saturated carbocycles. The first-order chi connectivity index (χ1) is 8.27. The normalized spacial score (nSPS) is 10.7. The molecule has 0 radical (unpaired) electrons. The fourth-order valence-corrected chi connectivity index (χ4v) is 1.26. The molecule has 0 heterocycles. The Labute approximate surface area is 101 Å². The van der Waals surface area contributed by atoms with Crippen LogP contribution in [0.1, 0.15) is 5.56 Å². The van der Waals surface area contributed by atoms with Crippen LogP contribution >= 0.6 is 0 Å². The van der Waals surface area contributed by atoms with Crippen molar-refractivity contribution in [1.29, 1.82) is 0 Å². The number of ether oxygens (including phenoxy) is 2. The monoisotopic (exact) mass is 230 g/mol. The van der Waals surface area contributed by atoms with Crippen molar-refractivity contribution < 1.29 is 14.3 Å². The van der Waals surface area contributed by atoms with Crippen LogP contribution in [-0.4, -0.2) is 26.3 Å². The van der Waals surface area contributed by atoms with Crippen LogP contribution in [0.25, 0.3) is 6.08 Å². The van der Waals surface area contributed by atoms with E-state index in [-0.39, 0.29) is 13.2 Å². The number of carbonyl (C=O) groups excluding carboxylic acids is 1. The second kappa shape index (κ2) is 7.26. The van der Waals surface area contributed by atoms with Gasteiger partial charge in [0.1, 0.15) is 6.61 Å². The number of methoxy groups -OCH3 is 1. The first kappa shape index (κ1) is 13.0. The minimum absolute atomic E-state index is 0.145. The van der Waals surface area contributed by atoms with Gasteiger partial charge in [-0.2, -0.15) is 0 Å². The molecule has 0 bridgehead atoms. The third-order valence-corrected chi connectivity index (χ3v) is 2.03. The highest BCUT2D eigenvalue weighted by Crippen LogP contribution is 2.08. The van der Waals surface area contributed by atoms with Gasteiger partial charge in [-0.25, -0.2) is 4.79 Å². The molecule has 1 aromatic carbocycles. The summed E-state index contributed by atoms with van der Waals surface area (Å²) in [6.45, 7) is 0.314. The molecule has 1 rings (SSSR count). The molecule has 17 heavy (non-hydrogen) atoms. The zero-order chi connectivity index (χ0) is 12.5. The van der Waals surface area contributed by atoms with E-state index >= 15 is 0 Å². The van der Waals surface area contributed by atoms with Gasteiger partial charge in [-0.05, 0) is 11.6 Å². The molecule has 0 N–H and O–H groups in total. The number of rotatable bonds is 5. The fraction of sp³-hybridized carbons (Fsp3) is 0.214. The van der Waals surface area contributed by atoms with Crippen molar-refractivity contribution in [2.75, 3.05) is 20.3 Å². The number of terminal acetylenes is 1. The molecule has 3 nitrogen and oxygen atoms in total. The van der Waals surface area contributed by atoms with Gasteiger partial charge in [-0.3, -0.25) is 0 Å². The van der Waals surface area contributed by atoms with Crippen molar-refractivity contribution in [3.8, 4) is 12.3 Å². The van der Waals surface area contributed by atoms with Crippen molar-refractivity contribution in [1.82, 2.24) is 0 Å². The van der Waals surface area contributed by atoms with Crippen LogP contribution in [0.2, 0.25) is 0 Å². The molecular formula is C14H14O3. The summed E-state index contributed by atoms with van der Waals surface area (Å²) in [7, 11) is 1.34. The van der Waals surface area contributed by atoms with E-state index in [0.29, 0.717) is 5.57 Å². The summed E-state index contributed by atoms with van der Waals surface area (Å²) in [6, 6.07) is 9.48. The van der Waals surface area contributed by atoms with Crippen molar-refractivity contribution in [2.45, 2.75) is 0 Å². The number of esters is 1. The summed E-state index contributed by atoms with van der Waals surface area (Å²) in [5, 5.41) is 0. The lowest BCUT2D eigenvalue weighted by atomic mass is 10.1. The summed E-state index contributed by atoms with van der Waals surface area (Å²) >= 11 is 0. The molecule has 0 aromatic heterocycles. The van der Waals surface area contributed by atoms with Gasteiger partial charge in [-0.1, -0.05) is 36.3 Å². The first-order valence-electron chi connectivity index (χ1n) is 5.13. The maximum absolute atomic E-state index is 11.5. The average Bonchev–Trinajstić information content (AvgIpc) is 2.38. The molecule has 0 fully saturated rings. The van der Waals surface area contributed by atoms with Gasteiger partial charge < -0.3 is 9.47 Å². The second-order valence-electron chi connectivity index (χ2n) is 3.27. The molecule has 1 aromatic rings. The lowest BCUT2D eigenvalue weighted by Gasteiger charge is -2.05. The van der Waals surface area contributed by atoms with Crippen LogP contribution in [0.3, 0.4) is 0 Å². The summed E-state index contributed by atoms with van der Waals surface area (Å²) in [6.07, 6.45) is 6.79. The fourth-order valence-electron chi connectivity index (χ4n) is 1.26. The third kappa shape index (κ3) is 4.54. The molecule has 0 saturated heterocycles. The molecule has 3 heteroatoms. The smallest absolute Gasteiger partial charge is 0.336 e. The highest BCUT2D eigenvalue weighted by molar-refractivity contribution is 5.93. The highest BCUT2D eigenvalue weighted by Gasteiger charge is 2.09. The zero-order valence-electron chi connectivity index (χ0n) is 9.68. The number of benzene rings is 1. The van der Waals surface area contributed by atoms with Crippen molar-refractivity contribution >= 4 is 12.0 Å². The van der Waals surface area contributed by atoms with Gasteiger partial charge in [0.2, 0.25) is 0 Å². The van der Waals surface area contributed by atoms with E-state index < -0.39 is 5.97 Å². The van der Waals surface area contributed by atoms with Gasteiger partial charge in [0.05, 0.1) is 19.3 Å². The molecule has 0 unspecified atom stereocenters. The Bertz CT molecular complexity index is 427. The van der Waals surface area contributed by atoms with Crippen LogP contribution in [0.15, 0.2) is 35.9 Å². The lowest BCUT2D eigenvalue weighted by Crippen LogP contribution is -2.11. The summed E-state index contributed by atoms with van der Waals surface area (Å²) < 4.78 is 9.81. The highest BCUT2D eigenvalue weighted by atomic mass is 16.5. The van der Waals surface area contributed by atoms with Crippen molar-refractivity contribution in [2.24, 2.45) is 0 Å². The van der Waals surface area contributed by atoms with E-state index in [1.165, 1.54) is 7.11 Å². The van der Waals surface area contributed by atoms with Gasteiger partial charge in [-0.15, -0.1) is 6.42 Å². The van der Waals surface area contributed by atoms with Crippen LogP contribution < -0.4 is 0 Å². The molecule has 88 valence electrons. The number of hydrogen-bond donors (Lipinski definition) is 0. The molecular weight excluding hydrogens is 216 g/mol. The maximum Gasteiger partial charge on any atom is 0.336 e. The standard InChI is InChI=1S/C14H14O3/c1-3-9-17-11-13(14(15)16-2)10-12-7-5-4-6-8-12/h1,4-8,10H,9,11H2,2H3/b13-10+. The molecule has 0 aliphatic carbocycles. The summed E-state index contributed by atoms with van der Waals surface area (Å²) in [5.74, 6) is 1.93. The molecule has 0 atom stereocenters. The first-order valence-corrected chi connectivity index (χ1v) is 5.13. The predicted molar refractivity (Wildman–Crippen MR) is 66.1 cm³/mol. The largest absolute Gasteiger partial charge is 0.466 e. The Hall–Kier alpha value is -2.05. The van der Waals surface area contributed by atoms with E-state index in [9.17, 15) is 4.79 Å². The van der Waals surface area contributed by atoms with Gasteiger partial charge >= 0.3 is 5.97 Å². The molecule has 0 amide bonds. The predicted octanol–water partition coefficient (Wildman–Crippen LogP) is 1.89. The summed E-state index contributed by atoms with van der Waals surface area (Å²) in [5.41, 5.74) is 1.35. The maximum atomic E-state index is 11.5. The summed E-state index contributed by atoms with van der Waals surface area (Å²) in [4.78, 5) is 11.5. The van der Waals surface area contributed by atoms with Crippen LogP contribution in [0, 0.1) is 12.3 Å². The van der Waals surface area contributed by atoms with E-state index in [0.717, 1.165) is 5.56 Å². The van der Waals surface area contributed by atoms with E-state index in [1.807, 2.05) is 30.3 Å². The minimum Gasteiger partial charge on any atom is -0.466 e. The number of carbonyl (C=O) groups is 1. The van der Waals surface area contributed by atoms with Crippen LogP contribution in [0.5, 0.6) is 0 Å². The van der Waals surface area contributed by atoms with E-state index in [1.54, 1.807) is 6.08 Å². The SMILES string of the molecule is C#CCOC/C(=C\c1ccccc1)C(=O)OC. The van der Waals surface area contributed by atoms with E-state index in [4.69, 9.17) is 11.2 Å². The van der Waals surface area contributed by atoms with Crippen molar-refractivity contribution in [3.63, 3.8) is 0 Å². The van der Waals surface area contributed by atoms with Crippen LogP contribution in [-0.2, 0) is 14.3 Å². The zero-order valence-corrected chi connectivity index (χ0v) is 9.68. The minimum atomic E-state index is -0.411. The lowest BCUT2D eigenvalue weighted by molar-refractivity contribution is -0.136. The van der Waals surface area contributed by atoms with Crippen molar-refractivity contribution in [3.05, 3.63) is 41.5 Å². The molecule has 0 spiro atoms. The third-order valence-electron chi connectivity index (χ3n) is 2.03. The second-order valence-corrected chi connectivity index (χ2v) is 3.27. The van der Waals surface area contributed by atoms with Gasteiger partial charge in [0, 0.05) is 0 Å². The number of hydrogen-bond acceptors (Lipinski definition) is 3. The average molecular weight is 230 g/mol. The van der Waals surface area contributed by atoms with Gasteiger partial charge in [0.25, 0.3) is 0 Å². The Balaban J connectivity index is 2.79. The Morgan fingerprint density at radius 3 is 2.71 bits per heavy atom. The van der Waals surface area contributed by atoms with Crippen LogP contribution in [0.4, 0.5) is 0 Å². The quantitative estimate of drug-likeness (QED) is 0.335. The molecule has 0 aliphatic heterocycles.